The van der Waals surface area contributed by atoms with Crippen LogP contribution in [0.5, 0.6) is 0 Å². The highest BCUT2D eigenvalue weighted by Gasteiger charge is 2.45. The molecular formula is C22H42O5. The molecule has 0 radical (unpaired) electrons. The number of carbonyl (C=O) groups is 2. The minimum Gasteiger partial charge on any atom is -0.478 e. The fourth-order valence-electron chi connectivity index (χ4n) is 3.27. The molecule has 0 heterocycles. The van der Waals surface area contributed by atoms with Gasteiger partial charge in [0.25, 0.3) is 0 Å². The molecule has 27 heavy (non-hydrogen) atoms. The SMILES string of the molecule is CCCCCCC(C)(O)C(=O)OC(CCCCC)(CCCCCC)C(=O)O. The Morgan fingerprint density at radius 3 is 1.59 bits per heavy atom. The molecule has 5 heteroatoms. The highest BCUT2D eigenvalue weighted by Crippen LogP contribution is 2.30. The molecule has 2 atom stereocenters. The van der Waals surface area contributed by atoms with Gasteiger partial charge in [0, 0.05) is 0 Å². The lowest BCUT2D eigenvalue weighted by Gasteiger charge is -2.33. The predicted octanol–water partition coefficient (Wildman–Crippen LogP) is 5.63. The number of carboxylic acids is 1. The van der Waals surface area contributed by atoms with Crippen molar-refractivity contribution < 1.29 is 24.5 Å². The van der Waals surface area contributed by atoms with E-state index in [2.05, 4.69) is 20.8 Å². The highest BCUT2D eigenvalue weighted by atomic mass is 16.6. The normalized spacial score (nSPS) is 15.7. The van der Waals surface area contributed by atoms with Crippen molar-refractivity contribution in [3.63, 3.8) is 0 Å². The number of carboxylic acid groups (broad SMARTS) is 1. The molecule has 160 valence electrons. The van der Waals surface area contributed by atoms with Crippen LogP contribution in [0.3, 0.4) is 0 Å². The van der Waals surface area contributed by atoms with Crippen LogP contribution in [-0.2, 0) is 14.3 Å². The van der Waals surface area contributed by atoms with Crippen molar-refractivity contribution >= 4 is 11.9 Å². The summed E-state index contributed by atoms with van der Waals surface area (Å²) in [5, 5.41) is 20.4. The van der Waals surface area contributed by atoms with Crippen molar-refractivity contribution in [2.24, 2.45) is 0 Å². The number of rotatable bonds is 17. The molecule has 0 saturated carbocycles. The van der Waals surface area contributed by atoms with E-state index in [1.54, 1.807) is 0 Å². The lowest BCUT2D eigenvalue weighted by atomic mass is 9.89. The Bertz CT molecular complexity index is 419. The molecule has 0 spiro atoms. The van der Waals surface area contributed by atoms with Crippen LogP contribution in [-0.4, -0.2) is 33.4 Å². The first kappa shape index (κ1) is 25.9. The monoisotopic (exact) mass is 386 g/mol. The molecule has 2 N–H and O–H groups in total. The fraction of sp³-hybridized carbons (Fsp3) is 0.909. The van der Waals surface area contributed by atoms with Crippen LogP contribution in [0.2, 0.25) is 0 Å². The number of esters is 1. The van der Waals surface area contributed by atoms with Gasteiger partial charge >= 0.3 is 11.9 Å². The van der Waals surface area contributed by atoms with Crippen molar-refractivity contribution in [2.75, 3.05) is 0 Å². The van der Waals surface area contributed by atoms with Gasteiger partial charge in [0.15, 0.2) is 5.60 Å². The van der Waals surface area contributed by atoms with Crippen molar-refractivity contribution in [2.45, 2.75) is 129 Å². The van der Waals surface area contributed by atoms with E-state index in [4.69, 9.17) is 4.74 Å². The van der Waals surface area contributed by atoms with Gasteiger partial charge in [0.2, 0.25) is 5.60 Å². The van der Waals surface area contributed by atoms with Crippen LogP contribution in [0.4, 0.5) is 0 Å². The summed E-state index contributed by atoms with van der Waals surface area (Å²) in [6.45, 7) is 7.69. The molecular weight excluding hydrogens is 344 g/mol. The van der Waals surface area contributed by atoms with Crippen molar-refractivity contribution in [1.29, 1.82) is 0 Å². The summed E-state index contributed by atoms with van der Waals surface area (Å²) in [7, 11) is 0. The van der Waals surface area contributed by atoms with E-state index in [9.17, 15) is 19.8 Å². The number of carbonyl (C=O) groups excluding carboxylic acids is 1. The first-order chi connectivity index (χ1) is 12.8. The number of unbranched alkanes of at least 4 members (excludes halogenated alkanes) is 8. The van der Waals surface area contributed by atoms with E-state index in [1.807, 2.05) is 0 Å². The Morgan fingerprint density at radius 1 is 0.741 bits per heavy atom. The molecule has 0 fully saturated rings. The molecule has 0 aliphatic heterocycles. The third-order valence-electron chi connectivity index (χ3n) is 5.25. The predicted molar refractivity (Wildman–Crippen MR) is 109 cm³/mol. The van der Waals surface area contributed by atoms with Crippen LogP contribution in [0.15, 0.2) is 0 Å². The number of hydrogen-bond donors (Lipinski definition) is 2. The van der Waals surface area contributed by atoms with Crippen LogP contribution in [0.25, 0.3) is 0 Å². The van der Waals surface area contributed by atoms with Crippen molar-refractivity contribution in [3.05, 3.63) is 0 Å². The maximum atomic E-state index is 12.6. The third kappa shape index (κ3) is 10.1. The number of hydrogen-bond acceptors (Lipinski definition) is 4. The number of ether oxygens (including phenoxy) is 1. The first-order valence-corrected chi connectivity index (χ1v) is 10.9. The molecule has 0 amide bonds. The van der Waals surface area contributed by atoms with E-state index >= 15 is 0 Å². The minimum absolute atomic E-state index is 0.298. The summed E-state index contributed by atoms with van der Waals surface area (Å²) in [5.74, 6) is -1.89. The topological polar surface area (TPSA) is 83.8 Å². The van der Waals surface area contributed by atoms with Crippen LogP contribution < -0.4 is 0 Å². The zero-order valence-corrected chi connectivity index (χ0v) is 18.0. The minimum atomic E-state index is -1.64. The molecule has 0 aromatic heterocycles. The second-order valence-corrected chi connectivity index (χ2v) is 8.04. The average Bonchev–Trinajstić information content (AvgIpc) is 2.62. The summed E-state index contributed by atoms with van der Waals surface area (Å²) in [6, 6.07) is 0. The van der Waals surface area contributed by atoms with Gasteiger partial charge in [-0.3, -0.25) is 0 Å². The Hall–Kier alpha value is -1.10. The van der Waals surface area contributed by atoms with Crippen molar-refractivity contribution in [3.8, 4) is 0 Å². The van der Waals surface area contributed by atoms with E-state index in [0.717, 1.165) is 57.8 Å². The quantitative estimate of drug-likeness (QED) is 0.250. The summed E-state index contributed by atoms with van der Waals surface area (Å²) >= 11 is 0. The van der Waals surface area contributed by atoms with E-state index in [1.165, 1.54) is 6.92 Å². The molecule has 0 saturated heterocycles. The standard InChI is InChI=1S/C22H42O5/c1-5-8-11-14-16-21(4,26)20(25)27-22(19(23)24,17-13-10-7-3)18-15-12-9-6-2/h26H,5-18H2,1-4H3,(H,23,24). The molecule has 0 rings (SSSR count). The second-order valence-electron chi connectivity index (χ2n) is 8.04. The zero-order valence-electron chi connectivity index (χ0n) is 18.0. The second kappa shape index (κ2) is 14.0. The van der Waals surface area contributed by atoms with Gasteiger partial charge in [-0.05, 0) is 45.4 Å². The summed E-state index contributed by atoms with van der Waals surface area (Å²) in [6.07, 6.45) is 11.0. The number of aliphatic hydroxyl groups is 1. The Morgan fingerprint density at radius 2 is 1.15 bits per heavy atom. The van der Waals surface area contributed by atoms with E-state index < -0.39 is 23.1 Å². The van der Waals surface area contributed by atoms with Crippen molar-refractivity contribution in [1.82, 2.24) is 0 Å². The van der Waals surface area contributed by atoms with Gasteiger partial charge in [-0.2, -0.15) is 0 Å². The van der Waals surface area contributed by atoms with E-state index in [-0.39, 0.29) is 0 Å². The lowest BCUT2D eigenvalue weighted by Crippen LogP contribution is -2.49. The van der Waals surface area contributed by atoms with Crippen LogP contribution >= 0.6 is 0 Å². The Balaban J connectivity index is 5.09. The molecule has 0 aromatic rings. The zero-order chi connectivity index (χ0) is 20.8. The molecule has 0 bridgehead atoms. The maximum absolute atomic E-state index is 12.6. The fourth-order valence-corrected chi connectivity index (χ4v) is 3.27. The van der Waals surface area contributed by atoms with Crippen LogP contribution in [0.1, 0.15) is 118 Å². The average molecular weight is 387 g/mol. The summed E-state index contributed by atoms with van der Waals surface area (Å²) in [5.41, 5.74) is -3.16. The summed E-state index contributed by atoms with van der Waals surface area (Å²) < 4.78 is 5.56. The molecule has 0 aromatic carbocycles. The molecule has 5 nitrogen and oxygen atoms in total. The Kier molecular flexibility index (Phi) is 13.4. The first-order valence-electron chi connectivity index (χ1n) is 10.9. The third-order valence-corrected chi connectivity index (χ3v) is 5.25. The number of aliphatic carboxylic acids is 1. The van der Waals surface area contributed by atoms with Gasteiger partial charge in [-0.25, -0.2) is 9.59 Å². The van der Waals surface area contributed by atoms with Gasteiger partial charge in [-0.15, -0.1) is 0 Å². The van der Waals surface area contributed by atoms with E-state index in [0.29, 0.717) is 32.1 Å². The van der Waals surface area contributed by atoms with Gasteiger partial charge < -0.3 is 14.9 Å². The molecule has 0 aliphatic carbocycles. The Labute approximate surface area is 165 Å². The largest absolute Gasteiger partial charge is 0.478 e. The molecule has 2 unspecified atom stereocenters. The smallest absolute Gasteiger partial charge is 0.348 e. The van der Waals surface area contributed by atoms with Gasteiger partial charge in [-0.1, -0.05) is 72.1 Å². The summed E-state index contributed by atoms with van der Waals surface area (Å²) in [4.78, 5) is 24.7. The maximum Gasteiger partial charge on any atom is 0.348 e. The van der Waals surface area contributed by atoms with Gasteiger partial charge in [0.05, 0.1) is 0 Å². The lowest BCUT2D eigenvalue weighted by molar-refractivity contribution is -0.194. The van der Waals surface area contributed by atoms with Crippen LogP contribution in [0, 0.1) is 0 Å². The molecule has 0 aliphatic rings. The van der Waals surface area contributed by atoms with Gasteiger partial charge in [0.1, 0.15) is 0 Å². The highest BCUT2D eigenvalue weighted by molar-refractivity contribution is 5.85.